The van der Waals surface area contributed by atoms with Gasteiger partial charge in [-0.2, -0.15) is 0 Å². The van der Waals surface area contributed by atoms with Crippen LogP contribution >= 0.6 is 0 Å². The summed E-state index contributed by atoms with van der Waals surface area (Å²) < 4.78 is 5.72. The van der Waals surface area contributed by atoms with Crippen LogP contribution < -0.4 is 0 Å². The Morgan fingerprint density at radius 1 is 1.16 bits per heavy atom. The van der Waals surface area contributed by atoms with Crippen molar-refractivity contribution in [2.75, 3.05) is 6.61 Å². The summed E-state index contributed by atoms with van der Waals surface area (Å²) >= 11 is 0. The third-order valence-corrected chi connectivity index (χ3v) is 6.11. The Morgan fingerprint density at radius 3 is 2.26 bits per heavy atom. The molecular weight excluding hydrogens is 236 g/mol. The molecule has 0 radical (unpaired) electrons. The van der Waals surface area contributed by atoms with Crippen molar-refractivity contribution in [3.63, 3.8) is 0 Å². The first-order valence-corrected chi connectivity index (χ1v) is 7.97. The average molecular weight is 264 g/mol. The highest BCUT2D eigenvalue weighted by molar-refractivity contribution is 5.75. The van der Waals surface area contributed by atoms with E-state index in [0.717, 1.165) is 23.7 Å². The topological polar surface area (TPSA) is 26.3 Å². The van der Waals surface area contributed by atoms with Gasteiger partial charge in [-0.15, -0.1) is 0 Å². The maximum Gasteiger partial charge on any atom is 0.311 e. The van der Waals surface area contributed by atoms with Crippen molar-refractivity contribution in [3.05, 3.63) is 0 Å². The summed E-state index contributed by atoms with van der Waals surface area (Å²) in [4.78, 5) is 12.0. The Hall–Kier alpha value is -0.530. The molecule has 4 fully saturated rings. The quantitative estimate of drug-likeness (QED) is 0.704. The fourth-order valence-electron chi connectivity index (χ4n) is 5.14. The zero-order valence-corrected chi connectivity index (χ0v) is 12.9. The molecular formula is C17H28O2. The fraction of sp³-hybridized carbons (Fsp3) is 0.941. The number of rotatable bonds is 2. The molecule has 0 N–H and O–H groups in total. The Labute approximate surface area is 117 Å². The van der Waals surface area contributed by atoms with Crippen molar-refractivity contribution in [1.82, 2.24) is 0 Å². The van der Waals surface area contributed by atoms with Gasteiger partial charge in [-0.1, -0.05) is 6.92 Å². The van der Waals surface area contributed by atoms with E-state index in [1.807, 2.05) is 20.8 Å². The summed E-state index contributed by atoms with van der Waals surface area (Å²) in [7, 11) is 0. The van der Waals surface area contributed by atoms with Gasteiger partial charge in [0.25, 0.3) is 0 Å². The van der Waals surface area contributed by atoms with Gasteiger partial charge in [0.15, 0.2) is 0 Å². The first-order valence-electron chi connectivity index (χ1n) is 7.97. The summed E-state index contributed by atoms with van der Waals surface area (Å²) in [5.74, 6) is 3.45. The van der Waals surface area contributed by atoms with Gasteiger partial charge in [-0.25, -0.2) is 0 Å². The van der Waals surface area contributed by atoms with E-state index < -0.39 is 0 Å². The van der Waals surface area contributed by atoms with E-state index in [2.05, 4.69) is 6.92 Å². The minimum atomic E-state index is -0.370. The maximum absolute atomic E-state index is 12.0. The lowest BCUT2D eigenvalue weighted by molar-refractivity contribution is -0.172. The van der Waals surface area contributed by atoms with E-state index in [4.69, 9.17) is 4.74 Å². The molecule has 4 bridgehead atoms. The molecule has 108 valence electrons. The van der Waals surface area contributed by atoms with Crippen LogP contribution in [0.2, 0.25) is 0 Å². The smallest absolute Gasteiger partial charge is 0.311 e. The van der Waals surface area contributed by atoms with Crippen LogP contribution in [0, 0.1) is 34.5 Å². The number of carbonyl (C=O) groups excluding carboxylic acids is 1. The molecule has 2 heteroatoms. The van der Waals surface area contributed by atoms with E-state index in [0.29, 0.717) is 12.0 Å². The van der Waals surface area contributed by atoms with Gasteiger partial charge in [0.05, 0.1) is 12.0 Å². The van der Waals surface area contributed by atoms with E-state index in [1.165, 1.54) is 32.1 Å². The van der Waals surface area contributed by atoms with Crippen molar-refractivity contribution < 1.29 is 9.53 Å². The molecule has 3 unspecified atom stereocenters. The van der Waals surface area contributed by atoms with Crippen LogP contribution in [0.3, 0.4) is 0 Å². The van der Waals surface area contributed by atoms with Crippen molar-refractivity contribution in [2.24, 2.45) is 34.5 Å². The Bertz CT molecular complexity index is 365. The van der Waals surface area contributed by atoms with Crippen LogP contribution in [-0.2, 0) is 9.53 Å². The molecule has 0 aromatic heterocycles. The van der Waals surface area contributed by atoms with Crippen molar-refractivity contribution in [1.29, 1.82) is 0 Å². The van der Waals surface area contributed by atoms with Crippen LogP contribution in [0.15, 0.2) is 0 Å². The highest BCUT2D eigenvalue weighted by Gasteiger charge is 2.55. The molecule has 4 aliphatic rings. The summed E-state index contributed by atoms with van der Waals surface area (Å²) in [5.41, 5.74) is -0.0544. The Morgan fingerprint density at radius 2 is 1.74 bits per heavy atom. The van der Waals surface area contributed by atoms with Crippen LogP contribution in [-0.4, -0.2) is 12.6 Å². The molecule has 0 aliphatic heterocycles. The van der Waals surface area contributed by atoms with Gasteiger partial charge in [0.1, 0.15) is 0 Å². The number of ether oxygens (including phenoxy) is 1. The number of hydrogen-bond donors (Lipinski definition) is 0. The highest BCUT2D eigenvalue weighted by atomic mass is 16.5. The third-order valence-electron chi connectivity index (χ3n) is 6.11. The lowest BCUT2D eigenvalue weighted by atomic mass is 9.46. The Kier molecular flexibility index (Phi) is 3.00. The highest BCUT2D eigenvalue weighted by Crippen LogP contribution is 2.62. The third kappa shape index (κ3) is 2.21. The van der Waals surface area contributed by atoms with Gasteiger partial charge in [-0.05, 0) is 76.5 Å². The predicted octanol–water partition coefficient (Wildman–Crippen LogP) is 4.04. The molecule has 0 aromatic rings. The lowest BCUT2D eigenvalue weighted by Gasteiger charge is -2.60. The normalized spacial score (nSPS) is 44.4. The van der Waals surface area contributed by atoms with Gasteiger partial charge in [-0.3, -0.25) is 4.79 Å². The second kappa shape index (κ2) is 4.23. The summed E-state index contributed by atoms with van der Waals surface area (Å²) in [6.07, 6.45) is 6.93. The van der Waals surface area contributed by atoms with E-state index in [1.54, 1.807) is 0 Å². The SMILES string of the molecule is CC1C2CC3CC(C2)CC1(COC(=O)C(C)(C)C)C3. The van der Waals surface area contributed by atoms with Gasteiger partial charge in [0.2, 0.25) is 0 Å². The molecule has 0 saturated heterocycles. The molecule has 0 aromatic carbocycles. The molecule has 4 rings (SSSR count). The monoisotopic (exact) mass is 264 g/mol. The molecule has 2 nitrogen and oxygen atoms in total. The molecule has 19 heavy (non-hydrogen) atoms. The first-order chi connectivity index (χ1) is 8.80. The molecule has 0 heterocycles. The first kappa shape index (κ1) is 13.5. The second-order valence-electron chi connectivity index (χ2n) is 8.58. The van der Waals surface area contributed by atoms with Crippen LogP contribution in [0.5, 0.6) is 0 Å². The van der Waals surface area contributed by atoms with Crippen LogP contribution in [0.25, 0.3) is 0 Å². The molecule has 0 spiro atoms. The largest absolute Gasteiger partial charge is 0.465 e. The van der Waals surface area contributed by atoms with Crippen LogP contribution in [0.4, 0.5) is 0 Å². The van der Waals surface area contributed by atoms with Gasteiger partial charge in [0, 0.05) is 5.41 Å². The minimum Gasteiger partial charge on any atom is -0.465 e. The zero-order valence-electron chi connectivity index (χ0n) is 12.9. The molecule has 4 aliphatic carbocycles. The van der Waals surface area contributed by atoms with E-state index in [-0.39, 0.29) is 11.4 Å². The summed E-state index contributed by atoms with van der Waals surface area (Å²) in [5, 5.41) is 0. The van der Waals surface area contributed by atoms with Crippen molar-refractivity contribution in [2.45, 2.75) is 59.8 Å². The molecule has 4 saturated carbocycles. The van der Waals surface area contributed by atoms with Gasteiger partial charge < -0.3 is 4.74 Å². The number of esters is 1. The molecule has 3 atom stereocenters. The summed E-state index contributed by atoms with van der Waals surface area (Å²) in [6.45, 7) is 8.91. The molecule has 0 amide bonds. The Balaban J connectivity index is 1.71. The van der Waals surface area contributed by atoms with Crippen molar-refractivity contribution >= 4 is 5.97 Å². The van der Waals surface area contributed by atoms with Crippen molar-refractivity contribution in [3.8, 4) is 0 Å². The second-order valence-corrected chi connectivity index (χ2v) is 8.58. The zero-order chi connectivity index (χ0) is 13.8. The number of carbonyl (C=O) groups is 1. The van der Waals surface area contributed by atoms with E-state index in [9.17, 15) is 4.79 Å². The minimum absolute atomic E-state index is 0.0320. The number of hydrogen-bond acceptors (Lipinski definition) is 2. The standard InChI is InChI=1S/C17H28O2/c1-11-14-6-12-5-13(7-14)9-17(11,8-12)10-19-15(18)16(2,3)4/h11-14H,5-10H2,1-4H3. The van der Waals surface area contributed by atoms with Gasteiger partial charge >= 0.3 is 5.97 Å². The van der Waals surface area contributed by atoms with Crippen LogP contribution in [0.1, 0.15) is 59.8 Å². The summed E-state index contributed by atoms with van der Waals surface area (Å²) in [6, 6.07) is 0. The van der Waals surface area contributed by atoms with E-state index >= 15 is 0 Å². The average Bonchev–Trinajstić information content (AvgIpc) is 2.31. The predicted molar refractivity (Wildman–Crippen MR) is 75.6 cm³/mol. The lowest BCUT2D eigenvalue weighted by Crippen LogP contribution is -2.54. The fourth-order valence-corrected chi connectivity index (χ4v) is 5.14. The maximum atomic E-state index is 12.0.